The van der Waals surface area contributed by atoms with Crippen LogP contribution in [-0.4, -0.2) is 39.7 Å². The Morgan fingerprint density at radius 3 is 2.84 bits per heavy atom. The number of aromatic nitrogens is 1. The maximum absolute atomic E-state index is 12.3. The minimum atomic E-state index is -3.60. The molecular formula is C12H21N3O3S. The van der Waals surface area contributed by atoms with E-state index in [9.17, 15) is 8.42 Å². The monoisotopic (exact) mass is 287 g/mol. The van der Waals surface area contributed by atoms with E-state index in [1.54, 1.807) is 19.2 Å². The summed E-state index contributed by atoms with van der Waals surface area (Å²) in [7, 11) is -2.07. The molecule has 1 heterocycles. The third kappa shape index (κ3) is 4.77. The number of sulfonamides is 1. The number of hydrogen-bond donors (Lipinski definition) is 2. The van der Waals surface area contributed by atoms with Gasteiger partial charge in [-0.25, -0.2) is 13.1 Å². The molecule has 2 N–H and O–H groups in total. The Hall–Kier alpha value is -1.18. The van der Waals surface area contributed by atoms with Gasteiger partial charge in [-0.1, -0.05) is 6.92 Å². The summed E-state index contributed by atoms with van der Waals surface area (Å²) in [6.45, 7) is 4.79. The fourth-order valence-electron chi connectivity index (χ4n) is 1.61. The molecule has 0 aliphatic rings. The molecular weight excluding hydrogens is 266 g/mol. The van der Waals surface area contributed by atoms with Gasteiger partial charge in [-0.3, -0.25) is 4.98 Å². The SMILES string of the molecule is CCCNc1ccncc1S(=O)(=O)NC(C)COC. The van der Waals surface area contributed by atoms with Crippen molar-refractivity contribution in [1.82, 2.24) is 9.71 Å². The van der Waals surface area contributed by atoms with E-state index in [0.29, 0.717) is 18.8 Å². The van der Waals surface area contributed by atoms with Crippen molar-refractivity contribution in [2.75, 3.05) is 25.6 Å². The van der Waals surface area contributed by atoms with E-state index in [1.807, 2.05) is 6.92 Å². The fraction of sp³-hybridized carbons (Fsp3) is 0.583. The highest BCUT2D eigenvalue weighted by atomic mass is 32.2. The lowest BCUT2D eigenvalue weighted by molar-refractivity contribution is 0.180. The van der Waals surface area contributed by atoms with Crippen LogP contribution in [0.2, 0.25) is 0 Å². The number of ether oxygens (including phenoxy) is 1. The summed E-state index contributed by atoms with van der Waals surface area (Å²) in [4.78, 5) is 4.04. The van der Waals surface area contributed by atoms with Crippen LogP contribution < -0.4 is 10.0 Å². The van der Waals surface area contributed by atoms with Crippen molar-refractivity contribution in [2.24, 2.45) is 0 Å². The topological polar surface area (TPSA) is 80.3 Å². The molecule has 1 unspecified atom stereocenters. The van der Waals surface area contributed by atoms with Crippen LogP contribution >= 0.6 is 0 Å². The number of methoxy groups -OCH3 is 1. The summed E-state index contributed by atoms with van der Waals surface area (Å²) in [6.07, 6.45) is 3.82. The molecule has 0 bridgehead atoms. The Labute approximate surface area is 114 Å². The number of hydrogen-bond acceptors (Lipinski definition) is 5. The quantitative estimate of drug-likeness (QED) is 0.751. The molecule has 0 saturated carbocycles. The van der Waals surface area contributed by atoms with E-state index in [4.69, 9.17) is 4.74 Å². The van der Waals surface area contributed by atoms with Crippen LogP contribution in [0.15, 0.2) is 23.4 Å². The van der Waals surface area contributed by atoms with Gasteiger partial charge in [0.25, 0.3) is 0 Å². The molecule has 1 rings (SSSR count). The molecule has 6 nitrogen and oxygen atoms in total. The Bertz CT molecular complexity index is 491. The number of pyridine rings is 1. The number of anilines is 1. The summed E-state index contributed by atoms with van der Waals surface area (Å²) in [5.41, 5.74) is 0.564. The molecule has 0 fully saturated rings. The Kier molecular flexibility index (Phi) is 6.20. The molecule has 108 valence electrons. The van der Waals surface area contributed by atoms with Crippen molar-refractivity contribution in [3.63, 3.8) is 0 Å². The number of nitrogens with zero attached hydrogens (tertiary/aromatic N) is 1. The first-order valence-electron chi connectivity index (χ1n) is 6.20. The van der Waals surface area contributed by atoms with Crippen molar-refractivity contribution in [1.29, 1.82) is 0 Å². The second-order valence-electron chi connectivity index (χ2n) is 4.28. The lowest BCUT2D eigenvalue weighted by Gasteiger charge is -2.15. The lowest BCUT2D eigenvalue weighted by Crippen LogP contribution is -2.36. The summed E-state index contributed by atoms with van der Waals surface area (Å²) >= 11 is 0. The number of rotatable bonds is 8. The van der Waals surface area contributed by atoms with Crippen molar-refractivity contribution >= 4 is 15.7 Å². The van der Waals surface area contributed by atoms with Crippen LogP contribution in [0.3, 0.4) is 0 Å². The molecule has 0 spiro atoms. The van der Waals surface area contributed by atoms with Gasteiger partial charge < -0.3 is 10.1 Å². The third-order valence-electron chi connectivity index (χ3n) is 2.41. The minimum Gasteiger partial charge on any atom is -0.384 e. The minimum absolute atomic E-state index is 0.159. The highest BCUT2D eigenvalue weighted by molar-refractivity contribution is 7.89. The molecule has 0 aromatic carbocycles. The van der Waals surface area contributed by atoms with Gasteiger partial charge in [0.1, 0.15) is 4.90 Å². The second-order valence-corrected chi connectivity index (χ2v) is 5.96. The first-order chi connectivity index (χ1) is 9.01. The van der Waals surface area contributed by atoms with Crippen LogP contribution in [0.5, 0.6) is 0 Å². The van der Waals surface area contributed by atoms with Gasteiger partial charge in [0.05, 0.1) is 12.3 Å². The molecule has 1 aromatic rings. The van der Waals surface area contributed by atoms with Crippen LogP contribution in [0, 0.1) is 0 Å². The van der Waals surface area contributed by atoms with Gasteiger partial charge in [0.15, 0.2) is 0 Å². The van der Waals surface area contributed by atoms with Crippen LogP contribution in [0.4, 0.5) is 5.69 Å². The van der Waals surface area contributed by atoms with Gasteiger partial charge in [-0.05, 0) is 19.4 Å². The average molecular weight is 287 g/mol. The van der Waals surface area contributed by atoms with E-state index in [-0.39, 0.29) is 10.9 Å². The zero-order valence-corrected chi connectivity index (χ0v) is 12.3. The van der Waals surface area contributed by atoms with Gasteiger partial charge >= 0.3 is 0 Å². The van der Waals surface area contributed by atoms with Gasteiger partial charge in [-0.2, -0.15) is 0 Å². The maximum Gasteiger partial charge on any atom is 0.244 e. The fourth-order valence-corrected chi connectivity index (χ4v) is 2.97. The zero-order chi connectivity index (χ0) is 14.3. The van der Waals surface area contributed by atoms with E-state index in [1.165, 1.54) is 13.3 Å². The normalized spacial score (nSPS) is 13.2. The largest absolute Gasteiger partial charge is 0.384 e. The first kappa shape index (κ1) is 15.9. The molecule has 7 heteroatoms. The predicted molar refractivity (Wildman–Crippen MR) is 74.7 cm³/mol. The van der Waals surface area contributed by atoms with Crippen LogP contribution in [0.1, 0.15) is 20.3 Å². The van der Waals surface area contributed by atoms with E-state index in [2.05, 4.69) is 15.0 Å². The lowest BCUT2D eigenvalue weighted by atomic mass is 10.4. The highest BCUT2D eigenvalue weighted by Crippen LogP contribution is 2.19. The van der Waals surface area contributed by atoms with Gasteiger partial charge in [-0.15, -0.1) is 0 Å². The van der Waals surface area contributed by atoms with E-state index >= 15 is 0 Å². The highest BCUT2D eigenvalue weighted by Gasteiger charge is 2.20. The molecule has 1 aromatic heterocycles. The average Bonchev–Trinajstić information content (AvgIpc) is 2.36. The Morgan fingerprint density at radius 2 is 2.21 bits per heavy atom. The predicted octanol–water partition coefficient (Wildman–Crippen LogP) is 1.22. The molecule has 0 saturated heterocycles. The van der Waals surface area contributed by atoms with Crippen LogP contribution in [-0.2, 0) is 14.8 Å². The molecule has 1 atom stereocenters. The third-order valence-corrected chi connectivity index (χ3v) is 4.03. The zero-order valence-electron chi connectivity index (χ0n) is 11.5. The standard InChI is InChI=1S/C12H21N3O3S/c1-4-6-14-11-5-7-13-8-12(11)19(16,17)15-10(2)9-18-3/h5,7-8,10,15H,4,6,9H2,1-3H3,(H,13,14). The van der Waals surface area contributed by atoms with Crippen molar-refractivity contribution in [3.05, 3.63) is 18.5 Å². The Morgan fingerprint density at radius 1 is 1.47 bits per heavy atom. The van der Waals surface area contributed by atoms with Crippen molar-refractivity contribution in [3.8, 4) is 0 Å². The summed E-state index contributed by atoms with van der Waals surface area (Å²) in [5, 5.41) is 3.08. The summed E-state index contributed by atoms with van der Waals surface area (Å²) in [6, 6.07) is 1.36. The molecule has 0 aliphatic carbocycles. The van der Waals surface area contributed by atoms with Gasteiger partial charge in [0, 0.05) is 32.1 Å². The van der Waals surface area contributed by atoms with E-state index < -0.39 is 10.0 Å². The summed E-state index contributed by atoms with van der Waals surface area (Å²) in [5.74, 6) is 0. The maximum atomic E-state index is 12.3. The van der Waals surface area contributed by atoms with Crippen molar-refractivity contribution < 1.29 is 13.2 Å². The Balaban J connectivity index is 2.94. The van der Waals surface area contributed by atoms with Crippen molar-refractivity contribution in [2.45, 2.75) is 31.2 Å². The first-order valence-corrected chi connectivity index (χ1v) is 7.68. The smallest absolute Gasteiger partial charge is 0.244 e. The number of nitrogens with one attached hydrogen (secondary N) is 2. The van der Waals surface area contributed by atoms with Crippen LogP contribution in [0.25, 0.3) is 0 Å². The molecule has 0 radical (unpaired) electrons. The summed E-state index contributed by atoms with van der Waals surface area (Å²) < 4.78 is 32.0. The molecule has 19 heavy (non-hydrogen) atoms. The molecule has 0 aliphatic heterocycles. The molecule has 0 amide bonds. The second kappa shape index (κ2) is 7.42. The van der Waals surface area contributed by atoms with Gasteiger partial charge in [0.2, 0.25) is 10.0 Å². The van der Waals surface area contributed by atoms with E-state index in [0.717, 1.165) is 6.42 Å².